The summed E-state index contributed by atoms with van der Waals surface area (Å²) in [5.74, 6) is -0.781. The Morgan fingerprint density at radius 3 is 1.21 bits per heavy atom. The average molecular weight is 745 g/mol. The molecule has 0 spiro atoms. The third-order valence-electron chi connectivity index (χ3n) is 9.99. The number of aliphatic carboxylic acids is 1. The van der Waals surface area contributed by atoms with Crippen molar-refractivity contribution in [2.24, 2.45) is 0 Å². The molecule has 0 rings (SSSR count). The summed E-state index contributed by atoms with van der Waals surface area (Å²) in [5, 5.41) is 8.73. The van der Waals surface area contributed by atoms with E-state index in [1.165, 1.54) is 57.8 Å². The molecule has 308 valence electrons. The first kappa shape index (κ1) is 50.6. The smallest absolute Gasteiger partial charge is 0.306 e. The quantitative estimate of drug-likeness (QED) is 0.0382. The third-order valence-corrected chi connectivity index (χ3v) is 9.99. The molecular weight excluding hydrogens is 661 g/mol. The van der Waals surface area contributed by atoms with Gasteiger partial charge in [-0.3, -0.25) is 14.4 Å². The van der Waals surface area contributed by atoms with Crippen LogP contribution in [-0.2, 0) is 23.9 Å². The molecule has 0 saturated carbocycles. The van der Waals surface area contributed by atoms with Crippen LogP contribution in [0.4, 0.5) is 0 Å². The van der Waals surface area contributed by atoms with Crippen LogP contribution in [0.15, 0.2) is 36.5 Å². The molecule has 1 N–H and O–H groups in total. The molecule has 0 bridgehead atoms. The highest BCUT2D eigenvalue weighted by Gasteiger charge is 2.14. The van der Waals surface area contributed by atoms with Crippen molar-refractivity contribution < 1.29 is 29.0 Å². The van der Waals surface area contributed by atoms with Crippen molar-refractivity contribution in [2.45, 2.75) is 245 Å². The van der Waals surface area contributed by atoms with Crippen LogP contribution in [0.1, 0.15) is 233 Å². The van der Waals surface area contributed by atoms with E-state index in [1.807, 2.05) is 0 Å². The van der Waals surface area contributed by atoms with Crippen molar-refractivity contribution in [1.82, 2.24) is 0 Å². The number of carboxylic acids is 1. The van der Waals surface area contributed by atoms with E-state index >= 15 is 0 Å². The number of carbonyl (C=O) groups is 3. The van der Waals surface area contributed by atoms with Crippen LogP contribution in [-0.4, -0.2) is 35.2 Å². The van der Waals surface area contributed by atoms with Gasteiger partial charge in [-0.15, -0.1) is 0 Å². The fourth-order valence-corrected chi connectivity index (χ4v) is 6.63. The highest BCUT2D eigenvalue weighted by molar-refractivity contribution is 5.69. The second kappa shape index (κ2) is 40.8. The largest absolute Gasteiger partial charge is 0.481 e. The summed E-state index contributed by atoms with van der Waals surface area (Å²) in [5.41, 5.74) is 0. The number of carbonyl (C=O) groups excluding carboxylic acids is 2. The topological polar surface area (TPSA) is 89.9 Å². The molecule has 6 nitrogen and oxygen atoms in total. The van der Waals surface area contributed by atoms with Gasteiger partial charge in [0.25, 0.3) is 0 Å². The Hall–Kier alpha value is -2.37. The molecule has 0 heterocycles. The minimum Gasteiger partial charge on any atom is -0.481 e. The predicted octanol–water partition coefficient (Wildman–Crippen LogP) is 14.5. The van der Waals surface area contributed by atoms with E-state index in [2.05, 4.69) is 57.2 Å². The molecule has 0 aromatic carbocycles. The Morgan fingerprint density at radius 1 is 0.453 bits per heavy atom. The summed E-state index contributed by atoms with van der Waals surface area (Å²) in [4.78, 5) is 35.8. The fraction of sp³-hybridized carbons (Fsp3) is 0.809. The van der Waals surface area contributed by atoms with Crippen molar-refractivity contribution >= 4 is 17.9 Å². The van der Waals surface area contributed by atoms with Gasteiger partial charge in [0.15, 0.2) is 0 Å². The Morgan fingerprint density at radius 2 is 0.811 bits per heavy atom. The molecule has 0 aliphatic rings. The van der Waals surface area contributed by atoms with E-state index in [4.69, 9.17) is 14.6 Å². The maximum Gasteiger partial charge on any atom is 0.306 e. The molecule has 0 aliphatic heterocycles. The van der Waals surface area contributed by atoms with Gasteiger partial charge in [-0.05, 0) is 90.4 Å². The Balaban J connectivity index is 4.26. The van der Waals surface area contributed by atoms with Gasteiger partial charge in [0.05, 0.1) is 0 Å². The fourth-order valence-electron chi connectivity index (χ4n) is 6.63. The number of allylic oxidation sites excluding steroid dienone is 4. The van der Waals surface area contributed by atoms with Gasteiger partial charge in [0, 0.05) is 32.1 Å². The Bertz CT molecular complexity index is 922. The van der Waals surface area contributed by atoms with Gasteiger partial charge < -0.3 is 14.6 Å². The lowest BCUT2D eigenvalue weighted by molar-refractivity contribution is -0.150. The standard InChI is InChI=1S/C47H84O6/c1-4-7-10-13-14-22-27-34-41-46(50)52-44(37-30-12-9-6-3)39-32-25-20-16-18-23-28-35-42-47(51)53-43(36-29-11-8-5-2)38-31-24-19-15-17-21-26-33-40-45(48)49/h4,7,24-25,31-32,43-44H,5-6,8-23,26-30,33-42H2,1-3H3,(H,48,49). The van der Waals surface area contributed by atoms with Crippen molar-refractivity contribution in [2.75, 3.05) is 0 Å². The first-order valence-corrected chi connectivity index (χ1v) is 22.4. The van der Waals surface area contributed by atoms with Gasteiger partial charge >= 0.3 is 17.9 Å². The molecule has 6 heteroatoms. The van der Waals surface area contributed by atoms with Gasteiger partial charge in [-0.2, -0.15) is 0 Å². The second-order valence-electron chi connectivity index (χ2n) is 15.2. The summed E-state index contributed by atoms with van der Waals surface area (Å²) < 4.78 is 11.9. The zero-order chi connectivity index (χ0) is 38.9. The van der Waals surface area contributed by atoms with E-state index in [0.29, 0.717) is 12.8 Å². The molecule has 2 unspecified atom stereocenters. The van der Waals surface area contributed by atoms with Gasteiger partial charge in [-0.1, -0.05) is 147 Å². The lowest BCUT2D eigenvalue weighted by Crippen LogP contribution is -2.17. The lowest BCUT2D eigenvalue weighted by atomic mass is 10.0. The molecule has 0 amide bonds. The number of hydrogen-bond acceptors (Lipinski definition) is 5. The van der Waals surface area contributed by atoms with Gasteiger partial charge in [0.2, 0.25) is 0 Å². The molecule has 0 aromatic rings. The predicted molar refractivity (Wildman–Crippen MR) is 224 cm³/mol. The molecule has 0 radical (unpaired) electrons. The first-order valence-electron chi connectivity index (χ1n) is 22.4. The highest BCUT2D eigenvalue weighted by atomic mass is 16.5. The summed E-state index contributed by atoms with van der Waals surface area (Å²) >= 11 is 0. The average Bonchev–Trinajstić information content (AvgIpc) is 3.14. The van der Waals surface area contributed by atoms with Crippen LogP contribution in [0, 0.1) is 0 Å². The van der Waals surface area contributed by atoms with Crippen LogP contribution in [0.2, 0.25) is 0 Å². The number of hydrogen-bond donors (Lipinski definition) is 1. The van der Waals surface area contributed by atoms with E-state index in [-0.39, 0.29) is 30.6 Å². The summed E-state index contributed by atoms with van der Waals surface area (Å²) in [6.07, 6.45) is 47.0. The molecular formula is C47H84O6. The van der Waals surface area contributed by atoms with Crippen LogP contribution in [0.3, 0.4) is 0 Å². The number of rotatable bonds is 40. The maximum atomic E-state index is 12.7. The highest BCUT2D eigenvalue weighted by Crippen LogP contribution is 2.18. The van der Waals surface area contributed by atoms with E-state index in [1.54, 1.807) is 0 Å². The van der Waals surface area contributed by atoms with E-state index in [0.717, 1.165) is 135 Å². The third kappa shape index (κ3) is 39.1. The van der Waals surface area contributed by atoms with Gasteiger partial charge in [0.1, 0.15) is 12.2 Å². The molecule has 2 atom stereocenters. The maximum absolute atomic E-state index is 12.7. The van der Waals surface area contributed by atoms with Crippen LogP contribution < -0.4 is 0 Å². The summed E-state index contributed by atoms with van der Waals surface area (Å²) in [6.45, 7) is 6.51. The van der Waals surface area contributed by atoms with E-state index in [9.17, 15) is 14.4 Å². The number of ether oxygens (including phenoxy) is 2. The Kier molecular flexibility index (Phi) is 39.0. The van der Waals surface area contributed by atoms with E-state index < -0.39 is 5.97 Å². The first-order chi connectivity index (χ1) is 25.9. The van der Waals surface area contributed by atoms with Crippen molar-refractivity contribution in [3.05, 3.63) is 36.5 Å². The van der Waals surface area contributed by atoms with Crippen molar-refractivity contribution in [1.29, 1.82) is 0 Å². The Labute approximate surface area is 327 Å². The lowest BCUT2D eigenvalue weighted by Gasteiger charge is -2.17. The number of esters is 2. The molecule has 0 aromatic heterocycles. The number of unbranched alkanes of at least 4 members (excludes halogenated alkanes) is 21. The molecule has 0 saturated heterocycles. The zero-order valence-electron chi connectivity index (χ0n) is 34.9. The molecule has 0 aliphatic carbocycles. The SMILES string of the molecule is CC=CCCCCCCCC(=O)OC(CC=CCCCCCCCC(=O)OC(CC=CCCCCCCCC(=O)O)CCCCCC)CCCCCC. The van der Waals surface area contributed by atoms with Crippen molar-refractivity contribution in [3.8, 4) is 0 Å². The number of carboxylic acid groups (broad SMARTS) is 1. The molecule has 0 fully saturated rings. The van der Waals surface area contributed by atoms with Crippen LogP contribution >= 0.6 is 0 Å². The summed E-state index contributed by atoms with van der Waals surface area (Å²) in [7, 11) is 0. The normalized spacial score (nSPS) is 13.0. The van der Waals surface area contributed by atoms with Crippen LogP contribution in [0.5, 0.6) is 0 Å². The molecule has 53 heavy (non-hydrogen) atoms. The summed E-state index contributed by atoms with van der Waals surface area (Å²) in [6, 6.07) is 0. The second-order valence-corrected chi connectivity index (χ2v) is 15.2. The van der Waals surface area contributed by atoms with Crippen molar-refractivity contribution in [3.63, 3.8) is 0 Å². The monoisotopic (exact) mass is 745 g/mol. The zero-order valence-corrected chi connectivity index (χ0v) is 34.9. The van der Waals surface area contributed by atoms with Crippen LogP contribution in [0.25, 0.3) is 0 Å². The minimum atomic E-state index is -0.703. The van der Waals surface area contributed by atoms with Gasteiger partial charge in [-0.25, -0.2) is 0 Å². The minimum absolute atomic E-state index is 0.00215.